The first-order valence-corrected chi connectivity index (χ1v) is 44.1. The Morgan fingerprint density at radius 2 is 0.567 bits per heavy atom. The number of nitrogens with one attached hydrogen (secondary N) is 3. The molecule has 0 aliphatic carbocycles. The van der Waals surface area contributed by atoms with Gasteiger partial charge >= 0.3 is 0 Å². The van der Waals surface area contributed by atoms with Gasteiger partial charge in [0.2, 0.25) is 5.91 Å². The molecule has 6 amide bonds. The molecule has 24 radical (unpaired) electrons. The van der Waals surface area contributed by atoms with Crippen molar-refractivity contribution >= 4 is 126 Å². The number of piperazine rings is 6. The van der Waals surface area contributed by atoms with Crippen LogP contribution in [-0.4, -0.2) is 431 Å². The van der Waals surface area contributed by atoms with E-state index in [0.717, 1.165) is 202 Å². The third kappa shape index (κ3) is 80.2. The van der Waals surface area contributed by atoms with Crippen LogP contribution in [0.25, 0.3) is 0 Å². The number of carbonyl (C=O) groups is 2. The summed E-state index contributed by atoms with van der Waals surface area (Å²) in [4.78, 5) is 108. The molecule has 0 unspecified atom stereocenters. The largest absolute Gasteiger partial charge is 0.542 e. The molecule has 0 atom stereocenters. The summed E-state index contributed by atoms with van der Waals surface area (Å²) < 4.78 is 0. The van der Waals surface area contributed by atoms with Crippen molar-refractivity contribution in [1.82, 2.24) is 79.6 Å². The molecule has 0 spiro atoms. The Balaban J connectivity index is -0.0000000835. The van der Waals surface area contributed by atoms with Crippen molar-refractivity contribution in [1.29, 1.82) is 0 Å². The molecule has 4 aromatic rings. The molecule has 10 fully saturated rings. The molecule has 14 rings (SSSR count). The minimum Gasteiger partial charge on any atom is -0.542 e. The number of likely N-dealkylation sites (N-methyl/N-ethyl adjacent to an activating group) is 2. The van der Waals surface area contributed by atoms with E-state index in [1.165, 1.54) is 75.5 Å². The predicted molar refractivity (Wildman–Crippen MR) is 557 cm³/mol. The molecule has 3 N–H and O–H groups in total. The first kappa shape index (κ1) is 170. The fraction of sp³-hybridized carbons (Fsp3) is 0.660. The molecule has 10 aliphatic heterocycles. The fourth-order valence-electron chi connectivity index (χ4n) is 13.1. The Kier molecular flexibility index (Phi) is 150. The first-order chi connectivity index (χ1) is 59.2. The standard InChI is InChI=1S/C21H24N3O.C17H19N.C10H16N3O2.C8H14N3O.C6H11N2O.C5H9N2O.C5H12N2.C3H6O.C2H3O.6C2H6.5CH4.B4.B3.B2.B.6Y/c25-17-22-11-13-23(14-12-22)20-15-24(16-20)21(18-7-3-1-4-8-18)19-9-5-2-6-10-19;1-14-12-18(13-14)17(15-8-4-2-5-9-15)16-10-6-3-7-11-16;1-9(15)13-6-10(7-13)12-4-2-11(8-14)3-5-12;12-7-10-1-3-11(4-2-10)8-5-9-6-8;1-7-2-4-8(6-9)5-3-7;8-5-7-3-1-6-2-4-7;1-7-4-2-6-3-5-7;1-3(2)4;1-2-3;6*1-2;;;;;;1-4(2)3;1-3-2;1-2;;;;;;;/h1-10,20-21H,11-16H2;2-11,14,17H,12-13H2,1H3;10H,2-7H2,1H3;8-9H,1-6H2;2-5H2,1H3;6H,1-4H2;6H,2-5H2,1H3;1-2H3;1H3;6*1-2H3;5*1H4;;;;;;;;;;/q-1;;4*-1;;;-1;;;;;;;;;;;;;;;;;;;;;. The molecule has 24 nitrogen and oxygen atoms in total. The van der Waals surface area contributed by atoms with Crippen molar-refractivity contribution in [2.75, 3.05) is 224 Å². The monoisotopic (exact) mass is 2290 g/mol. The van der Waals surface area contributed by atoms with Gasteiger partial charge in [-0.3, -0.25) is 35.6 Å². The molecule has 0 bridgehead atoms. The summed E-state index contributed by atoms with van der Waals surface area (Å²) in [6, 6.07) is 45.8. The Hall–Kier alpha value is -0.0873. The van der Waals surface area contributed by atoms with Crippen LogP contribution in [0.2, 0.25) is 0 Å². The van der Waals surface area contributed by atoms with Gasteiger partial charge in [-0.2, -0.15) is 39.0 Å². The molecular weight excluding hydrogens is 2120 g/mol. The number of hydrogen-bond donors (Lipinski definition) is 3. The topological polar surface area (TPSA) is 215 Å². The number of hydrogen-bond acceptors (Lipinski definition) is 18. The number of amides is 6. The second-order valence-corrected chi connectivity index (χ2v) is 28.0. The predicted octanol–water partition coefficient (Wildman–Crippen LogP) is 7.42. The maximum absolute atomic E-state index is 11.0. The zero-order valence-electron chi connectivity index (χ0n) is 82.5. The van der Waals surface area contributed by atoms with E-state index in [9.17, 15) is 33.6 Å². The van der Waals surface area contributed by atoms with Gasteiger partial charge in [0.15, 0.2) is 0 Å². The van der Waals surface area contributed by atoms with Crippen molar-refractivity contribution in [3.63, 3.8) is 0 Å². The summed E-state index contributed by atoms with van der Waals surface area (Å²) >= 11 is 0. The third-order valence-electron chi connectivity index (χ3n) is 19.3. The summed E-state index contributed by atoms with van der Waals surface area (Å²) in [6.45, 7) is 63.2. The van der Waals surface area contributed by atoms with Gasteiger partial charge in [0, 0.05) is 507 Å². The van der Waals surface area contributed by atoms with Gasteiger partial charge in [-0.25, -0.2) is 0 Å². The zero-order valence-corrected chi connectivity index (χ0v) is 99.5. The average Bonchev–Trinajstić information content (AvgIpc) is 0.749. The average molecular weight is 2290 g/mol. The van der Waals surface area contributed by atoms with Crippen LogP contribution in [0.4, 0.5) is 0 Å². The Morgan fingerprint density at radius 1 is 0.366 bits per heavy atom. The van der Waals surface area contributed by atoms with Crippen LogP contribution < -0.4 is 16.0 Å². The van der Waals surface area contributed by atoms with Crippen LogP contribution in [0.1, 0.15) is 189 Å². The van der Waals surface area contributed by atoms with E-state index in [2.05, 4.69) is 247 Å². The number of carbonyl (C=O) groups excluding carboxylic acids is 8. The van der Waals surface area contributed by atoms with Crippen molar-refractivity contribution in [2.24, 2.45) is 5.92 Å². The Bertz CT molecular complexity index is 2980. The summed E-state index contributed by atoms with van der Waals surface area (Å²) in [5, 5.41) is 9.65. The number of ketones is 1. The molecule has 728 valence electrons. The molecule has 10 heterocycles. The van der Waals surface area contributed by atoms with Gasteiger partial charge in [0.25, 0.3) is 0 Å². The summed E-state index contributed by atoms with van der Waals surface area (Å²) in [5.74, 6) is 1.16. The number of nitrogens with zero attached hydrogens (tertiary/aromatic N) is 13. The minimum atomic E-state index is -0.667. The van der Waals surface area contributed by atoms with E-state index >= 15 is 0 Å². The van der Waals surface area contributed by atoms with E-state index in [1.54, 1.807) is 31.4 Å². The molecule has 40 heteroatoms. The van der Waals surface area contributed by atoms with Crippen molar-refractivity contribution in [3.8, 4) is 0 Å². The molecule has 0 saturated carbocycles. The molecule has 0 aromatic heterocycles. The van der Waals surface area contributed by atoms with Gasteiger partial charge in [-0.05, 0) is 56.1 Å². The van der Waals surface area contributed by atoms with Crippen molar-refractivity contribution in [2.45, 2.75) is 185 Å². The zero-order chi connectivity index (χ0) is 92.9. The van der Waals surface area contributed by atoms with Gasteiger partial charge in [-0.15, -0.1) is 0 Å². The Morgan fingerprint density at radius 3 is 0.761 bits per heavy atom. The van der Waals surface area contributed by atoms with Crippen LogP contribution in [0.3, 0.4) is 0 Å². The minimum absolute atomic E-state index is 0. The van der Waals surface area contributed by atoms with Crippen LogP contribution in [0, 0.1) is 5.92 Å². The maximum Gasteiger partial charge on any atom is 0.219 e. The van der Waals surface area contributed by atoms with E-state index in [-0.39, 0.29) is 253 Å². The van der Waals surface area contributed by atoms with Gasteiger partial charge in [0.05, 0.1) is 12.1 Å². The van der Waals surface area contributed by atoms with Crippen LogP contribution in [0.15, 0.2) is 121 Å². The first-order valence-electron chi connectivity index (χ1n) is 44.1. The Labute approximate surface area is 985 Å². The number of likely N-dealkylation sites (tertiary alicyclic amines) is 3. The normalized spacial score (nSPS) is 15.9. The fourth-order valence-corrected chi connectivity index (χ4v) is 13.1. The third-order valence-corrected chi connectivity index (χ3v) is 19.3. The second-order valence-electron chi connectivity index (χ2n) is 28.0. The van der Waals surface area contributed by atoms with Crippen LogP contribution in [-0.2, 0) is 235 Å². The molecule has 4 aromatic carbocycles. The number of rotatable bonds is 14. The number of benzene rings is 4. The van der Waals surface area contributed by atoms with E-state index < -0.39 is 6.39 Å². The summed E-state index contributed by atoms with van der Waals surface area (Å²) in [6.07, 6.45) is 10.4. The van der Waals surface area contributed by atoms with Gasteiger partial charge in [0.1, 0.15) is 5.78 Å². The quantitative estimate of drug-likeness (QED) is 0.0827. The van der Waals surface area contributed by atoms with Crippen molar-refractivity contribution in [3.05, 3.63) is 144 Å². The van der Waals surface area contributed by atoms with E-state index in [4.69, 9.17) is 4.79 Å². The van der Waals surface area contributed by atoms with E-state index in [0.29, 0.717) is 24.2 Å². The van der Waals surface area contributed by atoms with Crippen LogP contribution in [0.5, 0.6) is 0 Å². The molecule has 134 heavy (non-hydrogen) atoms. The number of Topliss-reactive ketones (excluding diaryl/α,β-unsaturated/α-hetero) is 1. The summed E-state index contributed by atoms with van der Waals surface area (Å²) in [5.41, 5.74) is 5.51. The molecule has 10 aliphatic rings. The van der Waals surface area contributed by atoms with Crippen molar-refractivity contribution < 1.29 is 235 Å². The second kappa shape index (κ2) is 118. The van der Waals surface area contributed by atoms with E-state index in [1.807, 2.05) is 120 Å². The SMILES string of the molecule is C.C.C.C.C.CC.CC.CC.CC.CC.CC.CC(=O)N1CC(N2CCN([C-]=O)CC2)C1.CC(C)=O.CC1CN(C(c2ccccc2)c2ccccc2)C1.CN1CCN([C-]=O)CC1.CN1CCNCC1.C[C-]=O.O=[C-]N1CCN(C2CN(C(c3ccccc3)c3ccccc3)C2)CC1.O=[C-]N1CCN(C2CNC2)CC1.O=[C-]N1CCNCC1.[B].[B]B([B])[B].[B][B].[B][B][B].[Y].[Y].[Y].[Y].[Y].[Y]. The maximum atomic E-state index is 11.0. The van der Waals surface area contributed by atoms with Gasteiger partial charge in [-0.1, -0.05) is 248 Å². The molecular formula is C94H170B10N16O8Y6-6. The molecule has 10 saturated heterocycles. The summed E-state index contributed by atoms with van der Waals surface area (Å²) in [7, 11) is 36.2. The van der Waals surface area contributed by atoms with Gasteiger partial charge < -0.3 is 88.7 Å². The smallest absolute Gasteiger partial charge is 0.219 e. The van der Waals surface area contributed by atoms with Crippen LogP contribution >= 0.6 is 0 Å².